The third-order valence-electron chi connectivity index (χ3n) is 3.28. The number of carbonyl (C=O) groups is 1. The van der Waals surface area contributed by atoms with Gasteiger partial charge in [-0.25, -0.2) is 0 Å². The molecule has 1 aliphatic carbocycles. The Kier molecular flexibility index (Phi) is 3.19. The number of pyridine rings is 1. The van der Waals surface area contributed by atoms with Crippen LogP contribution in [-0.4, -0.2) is 22.1 Å². The lowest BCUT2D eigenvalue weighted by molar-refractivity contribution is -0.146. The van der Waals surface area contributed by atoms with Crippen LogP contribution in [0.4, 0.5) is 0 Å². The molecule has 0 amide bonds. The van der Waals surface area contributed by atoms with Gasteiger partial charge in [-0.1, -0.05) is 0 Å². The Bertz CT molecular complexity index is 392. The van der Waals surface area contributed by atoms with Crippen LogP contribution in [0.25, 0.3) is 0 Å². The Morgan fingerprint density at radius 2 is 2.44 bits per heavy atom. The van der Waals surface area contributed by atoms with Crippen LogP contribution in [0.3, 0.4) is 0 Å². The monoisotopic (exact) mass is 220 g/mol. The summed E-state index contributed by atoms with van der Waals surface area (Å²) < 4.78 is 0. The van der Waals surface area contributed by atoms with Gasteiger partial charge in [0.15, 0.2) is 0 Å². The molecule has 1 saturated carbocycles. The largest absolute Gasteiger partial charge is 0.481 e. The SMILES string of the molecule is Cc1cnccc1CNC1CCC1C(=O)O. The van der Waals surface area contributed by atoms with Crippen LogP contribution in [0.2, 0.25) is 0 Å². The van der Waals surface area contributed by atoms with E-state index in [0.717, 1.165) is 24.9 Å². The van der Waals surface area contributed by atoms with Crippen molar-refractivity contribution in [3.63, 3.8) is 0 Å². The maximum atomic E-state index is 10.8. The standard InChI is InChI=1S/C12H16N2O2/c1-8-6-13-5-4-9(8)7-14-11-3-2-10(11)12(15)16/h4-6,10-11,14H,2-3,7H2,1H3,(H,15,16). The molecule has 1 fully saturated rings. The predicted octanol–water partition coefficient (Wildman–Crippen LogP) is 1.34. The van der Waals surface area contributed by atoms with E-state index >= 15 is 0 Å². The fourth-order valence-electron chi connectivity index (χ4n) is 1.98. The molecule has 1 heterocycles. The third kappa shape index (κ3) is 2.22. The minimum absolute atomic E-state index is 0.130. The minimum Gasteiger partial charge on any atom is -0.481 e. The Labute approximate surface area is 94.7 Å². The molecule has 2 unspecified atom stereocenters. The molecule has 0 saturated heterocycles. The summed E-state index contributed by atoms with van der Waals surface area (Å²) in [6.45, 7) is 2.74. The first-order chi connectivity index (χ1) is 7.68. The summed E-state index contributed by atoms with van der Waals surface area (Å²) in [6, 6.07) is 2.10. The number of aryl methyl sites for hydroxylation is 1. The van der Waals surface area contributed by atoms with Gasteiger partial charge < -0.3 is 10.4 Å². The molecule has 0 bridgehead atoms. The summed E-state index contributed by atoms with van der Waals surface area (Å²) in [4.78, 5) is 14.8. The molecule has 0 aromatic carbocycles. The second-order valence-electron chi connectivity index (χ2n) is 4.31. The van der Waals surface area contributed by atoms with Gasteiger partial charge in [-0.2, -0.15) is 0 Å². The average molecular weight is 220 g/mol. The van der Waals surface area contributed by atoms with Crippen molar-refractivity contribution in [1.82, 2.24) is 10.3 Å². The van der Waals surface area contributed by atoms with Crippen LogP contribution < -0.4 is 5.32 Å². The van der Waals surface area contributed by atoms with Crippen molar-refractivity contribution in [2.75, 3.05) is 0 Å². The van der Waals surface area contributed by atoms with Crippen LogP contribution in [0.5, 0.6) is 0 Å². The first kappa shape index (κ1) is 11.1. The second kappa shape index (κ2) is 4.61. The average Bonchev–Trinajstić information content (AvgIpc) is 2.18. The molecule has 0 spiro atoms. The van der Waals surface area contributed by atoms with Crippen molar-refractivity contribution in [3.05, 3.63) is 29.6 Å². The molecule has 0 aliphatic heterocycles. The van der Waals surface area contributed by atoms with E-state index in [1.807, 2.05) is 19.2 Å². The highest BCUT2D eigenvalue weighted by atomic mass is 16.4. The van der Waals surface area contributed by atoms with Crippen LogP contribution in [-0.2, 0) is 11.3 Å². The maximum absolute atomic E-state index is 10.8. The molecule has 2 N–H and O–H groups in total. The predicted molar refractivity (Wildman–Crippen MR) is 60.0 cm³/mol. The lowest BCUT2D eigenvalue weighted by atomic mass is 9.79. The molecule has 4 nitrogen and oxygen atoms in total. The van der Waals surface area contributed by atoms with Crippen molar-refractivity contribution < 1.29 is 9.90 Å². The van der Waals surface area contributed by atoms with E-state index in [9.17, 15) is 4.79 Å². The van der Waals surface area contributed by atoms with Gasteiger partial charge in [-0.05, 0) is 37.0 Å². The molecule has 4 heteroatoms. The zero-order valence-electron chi connectivity index (χ0n) is 9.31. The molecule has 1 aliphatic rings. The molecule has 2 rings (SSSR count). The summed E-state index contributed by atoms with van der Waals surface area (Å²) in [6.07, 6.45) is 5.34. The highest BCUT2D eigenvalue weighted by Crippen LogP contribution is 2.27. The van der Waals surface area contributed by atoms with Crippen LogP contribution in [0.15, 0.2) is 18.5 Å². The molecular formula is C12H16N2O2. The first-order valence-electron chi connectivity index (χ1n) is 5.54. The Balaban J connectivity index is 1.89. The fraction of sp³-hybridized carbons (Fsp3) is 0.500. The summed E-state index contributed by atoms with van der Waals surface area (Å²) >= 11 is 0. The maximum Gasteiger partial charge on any atom is 0.308 e. The molecular weight excluding hydrogens is 204 g/mol. The van der Waals surface area contributed by atoms with Crippen LogP contribution in [0.1, 0.15) is 24.0 Å². The van der Waals surface area contributed by atoms with Gasteiger partial charge in [-0.3, -0.25) is 9.78 Å². The minimum atomic E-state index is -0.685. The fourth-order valence-corrected chi connectivity index (χ4v) is 1.98. The van der Waals surface area contributed by atoms with Gasteiger partial charge >= 0.3 is 5.97 Å². The highest BCUT2D eigenvalue weighted by molar-refractivity contribution is 5.72. The molecule has 1 aromatic heterocycles. The van der Waals surface area contributed by atoms with E-state index in [4.69, 9.17) is 5.11 Å². The normalized spacial score (nSPS) is 23.8. The number of rotatable bonds is 4. The van der Waals surface area contributed by atoms with E-state index in [0.29, 0.717) is 0 Å². The Morgan fingerprint density at radius 1 is 1.62 bits per heavy atom. The number of nitrogens with one attached hydrogen (secondary N) is 1. The quantitative estimate of drug-likeness (QED) is 0.804. The van der Waals surface area contributed by atoms with Gasteiger partial charge in [0, 0.05) is 25.0 Å². The van der Waals surface area contributed by atoms with Gasteiger partial charge in [0.25, 0.3) is 0 Å². The van der Waals surface area contributed by atoms with E-state index < -0.39 is 5.97 Å². The molecule has 1 aromatic rings. The zero-order chi connectivity index (χ0) is 11.5. The van der Waals surface area contributed by atoms with Crippen molar-refractivity contribution in [3.8, 4) is 0 Å². The van der Waals surface area contributed by atoms with E-state index in [1.54, 1.807) is 6.20 Å². The van der Waals surface area contributed by atoms with Gasteiger partial charge in [0.05, 0.1) is 5.92 Å². The summed E-state index contributed by atoms with van der Waals surface area (Å²) in [7, 11) is 0. The number of nitrogens with zero attached hydrogens (tertiary/aromatic N) is 1. The molecule has 16 heavy (non-hydrogen) atoms. The smallest absolute Gasteiger partial charge is 0.308 e. The number of aromatic nitrogens is 1. The number of aliphatic carboxylic acids is 1. The Hall–Kier alpha value is -1.42. The zero-order valence-corrected chi connectivity index (χ0v) is 9.31. The number of carboxylic acid groups (broad SMARTS) is 1. The number of carboxylic acids is 1. The molecule has 2 atom stereocenters. The summed E-state index contributed by atoms with van der Waals surface area (Å²) in [5.41, 5.74) is 2.33. The number of hydrogen-bond acceptors (Lipinski definition) is 3. The number of hydrogen-bond donors (Lipinski definition) is 2. The summed E-state index contributed by atoms with van der Waals surface area (Å²) in [5.74, 6) is -0.891. The van der Waals surface area contributed by atoms with E-state index in [1.165, 1.54) is 5.56 Å². The molecule has 0 radical (unpaired) electrons. The lowest BCUT2D eigenvalue weighted by Gasteiger charge is -2.34. The van der Waals surface area contributed by atoms with Crippen molar-refractivity contribution in [2.24, 2.45) is 5.92 Å². The van der Waals surface area contributed by atoms with Gasteiger partial charge in [-0.15, -0.1) is 0 Å². The second-order valence-corrected chi connectivity index (χ2v) is 4.31. The summed E-state index contributed by atoms with van der Waals surface area (Å²) in [5, 5.41) is 12.2. The van der Waals surface area contributed by atoms with E-state index in [-0.39, 0.29) is 12.0 Å². The Morgan fingerprint density at radius 3 is 3.00 bits per heavy atom. The van der Waals surface area contributed by atoms with Crippen LogP contribution in [0, 0.1) is 12.8 Å². The van der Waals surface area contributed by atoms with Crippen LogP contribution >= 0.6 is 0 Å². The molecule has 86 valence electrons. The highest BCUT2D eigenvalue weighted by Gasteiger charge is 2.35. The third-order valence-corrected chi connectivity index (χ3v) is 3.28. The van der Waals surface area contributed by atoms with Gasteiger partial charge in [0.1, 0.15) is 0 Å². The van der Waals surface area contributed by atoms with Gasteiger partial charge in [0.2, 0.25) is 0 Å². The lowest BCUT2D eigenvalue weighted by Crippen LogP contribution is -2.47. The van der Waals surface area contributed by atoms with Crippen molar-refractivity contribution in [2.45, 2.75) is 32.4 Å². The van der Waals surface area contributed by atoms with Crippen molar-refractivity contribution in [1.29, 1.82) is 0 Å². The van der Waals surface area contributed by atoms with Crippen molar-refractivity contribution >= 4 is 5.97 Å². The van der Waals surface area contributed by atoms with E-state index in [2.05, 4.69) is 10.3 Å². The topological polar surface area (TPSA) is 62.2 Å². The first-order valence-corrected chi connectivity index (χ1v) is 5.54.